The largest absolute Gasteiger partial charge is 0.328 e. The van der Waals surface area contributed by atoms with Gasteiger partial charge in [0.25, 0.3) is 0 Å². The van der Waals surface area contributed by atoms with Crippen LogP contribution >= 0.6 is 0 Å². The summed E-state index contributed by atoms with van der Waals surface area (Å²) in [6, 6.07) is 0.0972. The lowest BCUT2D eigenvalue weighted by atomic mass is 9.88. The minimum Gasteiger partial charge on any atom is -0.328 e. The van der Waals surface area contributed by atoms with Crippen LogP contribution in [0.25, 0.3) is 0 Å². The lowest BCUT2D eigenvalue weighted by molar-refractivity contribution is -0.130. The molecule has 1 aliphatic carbocycles. The molecule has 1 saturated heterocycles. The topological polar surface area (TPSA) is 32.3 Å². The maximum atomic E-state index is 12.2. The Labute approximate surface area is 105 Å². The van der Waals surface area contributed by atoms with Crippen LogP contribution in [0, 0.1) is 5.41 Å². The first-order chi connectivity index (χ1) is 8.14. The lowest BCUT2D eigenvalue weighted by Crippen LogP contribution is -2.37. The molecule has 3 heteroatoms. The Balaban J connectivity index is 1.84. The molecule has 0 aromatic heterocycles. The Kier molecular flexibility index (Phi) is 4.08. The molecule has 1 aliphatic heterocycles. The SMILES string of the molecule is CCCCC1NCN(CC2(C)CCCC2)C1=O. The highest BCUT2D eigenvalue weighted by Crippen LogP contribution is 2.38. The highest BCUT2D eigenvalue weighted by molar-refractivity contribution is 5.83. The van der Waals surface area contributed by atoms with Crippen molar-refractivity contribution >= 4 is 5.91 Å². The van der Waals surface area contributed by atoms with Crippen molar-refractivity contribution in [1.82, 2.24) is 10.2 Å². The molecular formula is C14H26N2O. The summed E-state index contributed by atoms with van der Waals surface area (Å²) >= 11 is 0. The molecule has 1 N–H and O–H groups in total. The first kappa shape index (κ1) is 12.9. The number of carbonyl (C=O) groups is 1. The molecule has 98 valence electrons. The molecule has 17 heavy (non-hydrogen) atoms. The molecule has 0 aromatic carbocycles. The van der Waals surface area contributed by atoms with E-state index in [0.29, 0.717) is 11.3 Å². The average molecular weight is 238 g/mol. The second-order valence-corrected chi connectivity index (χ2v) is 6.11. The van der Waals surface area contributed by atoms with Gasteiger partial charge in [-0.1, -0.05) is 39.5 Å². The molecule has 0 bridgehead atoms. The predicted octanol–water partition coefficient (Wildman–Crippen LogP) is 2.51. The summed E-state index contributed by atoms with van der Waals surface area (Å²) in [7, 11) is 0. The molecule has 0 spiro atoms. The summed E-state index contributed by atoms with van der Waals surface area (Å²) < 4.78 is 0. The van der Waals surface area contributed by atoms with Gasteiger partial charge in [-0.15, -0.1) is 0 Å². The van der Waals surface area contributed by atoms with Crippen LogP contribution < -0.4 is 5.32 Å². The van der Waals surface area contributed by atoms with Crippen molar-refractivity contribution < 1.29 is 4.79 Å². The first-order valence-electron chi connectivity index (χ1n) is 7.17. The number of unbranched alkanes of at least 4 members (excludes halogenated alkanes) is 1. The van der Waals surface area contributed by atoms with E-state index < -0.39 is 0 Å². The van der Waals surface area contributed by atoms with Gasteiger partial charge in [-0.2, -0.15) is 0 Å². The van der Waals surface area contributed by atoms with Crippen molar-refractivity contribution in [2.24, 2.45) is 5.41 Å². The maximum Gasteiger partial charge on any atom is 0.240 e. The molecule has 2 aliphatic rings. The van der Waals surface area contributed by atoms with Crippen molar-refractivity contribution in [3.05, 3.63) is 0 Å². The van der Waals surface area contributed by atoms with Gasteiger partial charge in [0.2, 0.25) is 5.91 Å². The van der Waals surface area contributed by atoms with Crippen LogP contribution in [0.2, 0.25) is 0 Å². The fraction of sp³-hybridized carbons (Fsp3) is 0.929. The zero-order valence-electron chi connectivity index (χ0n) is 11.3. The molecule has 1 amide bonds. The summed E-state index contributed by atoms with van der Waals surface area (Å²) in [5.41, 5.74) is 0.386. The normalized spacial score (nSPS) is 28.0. The van der Waals surface area contributed by atoms with Crippen LogP contribution in [-0.2, 0) is 4.79 Å². The van der Waals surface area contributed by atoms with E-state index in [0.717, 1.165) is 26.1 Å². The van der Waals surface area contributed by atoms with E-state index in [2.05, 4.69) is 19.2 Å². The fourth-order valence-electron chi connectivity index (χ4n) is 3.22. The minimum atomic E-state index is 0.0972. The van der Waals surface area contributed by atoms with Crippen LogP contribution in [0.5, 0.6) is 0 Å². The second kappa shape index (κ2) is 5.38. The van der Waals surface area contributed by atoms with E-state index in [4.69, 9.17) is 0 Å². The van der Waals surface area contributed by atoms with E-state index in [1.165, 1.54) is 32.1 Å². The van der Waals surface area contributed by atoms with Gasteiger partial charge < -0.3 is 4.90 Å². The van der Waals surface area contributed by atoms with Gasteiger partial charge in [0, 0.05) is 6.54 Å². The standard InChI is InChI=1S/C14H26N2O/c1-3-4-7-12-13(17)16(11-15-12)10-14(2)8-5-6-9-14/h12,15H,3-11H2,1-2H3. The van der Waals surface area contributed by atoms with Gasteiger partial charge in [0.1, 0.15) is 0 Å². The molecule has 0 aromatic rings. The Morgan fingerprint density at radius 2 is 2.12 bits per heavy atom. The van der Waals surface area contributed by atoms with E-state index in [1.54, 1.807) is 0 Å². The second-order valence-electron chi connectivity index (χ2n) is 6.11. The quantitative estimate of drug-likeness (QED) is 0.798. The summed E-state index contributed by atoms with van der Waals surface area (Å²) in [4.78, 5) is 14.3. The van der Waals surface area contributed by atoms with Crippen molar-refractivity contribution in [2.75, 3.05) is 13.2 Å². The lowest BCUT2D eigenvalue weighted by Gasteiger charge is -2.29. The summed E-state index contributed by atoms with van der Waals surface area (Å²) in [5, 5.41) is 3.36. The van der Waals surface area contributed by atoms with Gasteiger partial charge in [-0.25, -0.2) is 0 Å². The summed E-state index contributed by atoms with van der Waals surface area (Å²) in [6.45, 7) is 6.24. The predicted molar refractivity (Wildman–Crippen MR) is 69.6 cm³/mol. The van der Waals surface area contributed by atoms with Crippen LogP contribution in [0.3, 0.4) is 0 Å². The fourth-order valence-corrected chi connectivity index (χ4v) is 3.22. The number of rotatable bonds is 5. The zero-order valence-corrected chi connectivity index (χ0v) is 11.3. The molecule has 2 fully saturated rings. The third-order valence-electron chi connectivity index (χ3n) is 4.37. The average Bonchev–Trinajstić information content (AvgIpc) is 2.86. The number of nitrogens with zero attached hydrogens (tertiary/aromatic N) is 1. The minimum absolute atomic E-state index is 0.0972. The molecule has 0 radical (unpaired) electrons. The van der Waals surface area contributed by atoms with Crippen LogP contribution in [0.4, 0.5) is 0 Å². The van der Waals surface area contributed by atoms with Crippen molar-refractivity contribution in [2.45, 2.75) is 64.8 Å². The number of carbonyl (C=O) groups excluding carboxylic acids is 1. The number of hydrogen-bond acceptors (Lipinski definition) is 2. The highest BCUT2D eigenvalue weighted by atomic mass is 16.2. The van der Waals surface area contributed by atoms with Crippen LogP contribution in [0.1, 0.15) is 58.8 Å². The molecule has 2 rings (SSSR count). The molecule has 1 atom stereocenters. The number of amides is 1. The van der Waals surface area contributed by atoms with Crippen molar-refractivity contribution in [1.29, 1.82) is 0 Å². The maximum absolute atomic E-state index is 12.2. The van der Waals surface area contributed by atoms with Crippen LogP contribution in [0.15, 0.2) is 0 Å². The Hall–Kier alpha value is -0.570. The highest BCUT2D eigenvalue weighted by Gasteiger charge is 2.37. The van der Waals surface area contributed by atoms with Gasteiger partial charge in [0.05, 0.1) is 12.7 Å². The molecular weight excluding hydrogens is 212 g/mol. The van der Waals surface area contributed by atoms with Gasteiger partial charge in [-0.3, -0.25) is 10.1 Å². The van der Waals surface area contributed by atoms with Gasteiger partial charge in [-0.05, 0) is 24.7 Å². The van der Waals surface area contributed by atoms with Crippen molar-refractivity contribution in [3.8, 4) is 0 Å². The molecule has 1 unspecified atom stereocenters. The van der Waals surface area contributed by atoms with E-state index in [-0.39, 0.29) is 6.04 Å². The molecule has 3 nitrogen and oxygen atoms in total. The Morgan fingerprint density at radius 3 is 2.76 bits per heavy atom. The molecule has 1 heterocycles. The van der Waals surface area contributed by atoms with Gasteiger partial charge >= 0.3 is 0 Å². The monoisotopic (exact) mass is 238 g/mol. The zero-order chi connectivity index (χ0) is 12.3. The van der Waals surface area contributed by atoms with Crippen molar-refractivity contribution in [3.63, 3.8) is 0 Å². The third-order valence-corrected chi connectivity index (χ3v) is 4.37. The summed E-state index contributed by atoms with van der Waals surface area (Å²) in [5.74, 6) is 0.339. The Morgan fingerprint density at radius 1 is 1.41 bits per heavy atom. The van der Waals surface area contributed by atoms with E-state index in [9.17, 15) is 4.79 Å². The Bertz CT molecular complexity index is 271. The molecule has 1 saturated carbocycles. The van der Waals surface area contributed by atoms with Gasteiger partial charge in [0.15, 0.2) is 0 Å². The number of hydrogen-bond donors (Lipinski definition) is 1. The third kappa shape index (κ3) is 3.01. The van der Waals surface area contributed by atoms with Crippen LogP contribution in [-0.4, -0.2) is 30.1 Å². The first-order valence-corrected chi connectivity index (χ1v) is 7.17. The number of nitrogens with one attached hydrogen (secondary N) is 1. The van der Waals surface area contributed by atoms with E-state index >= 15 is 0 Å². The smallest absolute Gasteiger partial charge is 0.240 e. The van der Waals surface area contributed by atoms with E-state index in [1.807, 2.05) is 4.90 Å². The summed E-state index contributed by atoms with van der Waals surface area (Å²) in [6.07, 6.45) is 8.57.